The molecule has 3 rings (SSSR count). The number of alkyl halides is 2. The van der Waals surface area contributed by atoms with Crippen LogP contribution in [0.3, 0.4) is 0 Å². The zero-order valence-corrected chi connectivity index (χ0v) is 13.3. The maximum atomic E-state index is 12.3. The molecule has 2 aliphatic rings. The molecule has 0 aromatic heterocycles. The van der Waals surface area contributed by atoms with E-state index in [1.807, 2.05) is 0 Å². The van der Waals surface area contributed by atoms with E-state index in [0.29, 0.717) is 30.2 Å². The van der Waals surface area contributed by atoms with Gasteiger partial charge in [0.25, 0.3) is 0 Å². The van der Waals surface area contributed by atoms with E-state index in [4.69, 9.17) is 4.74 Å². The van der Waals surface area contributed by atoms with Crippen molar-refractivity contribution in [2.24, 2.45) is 11.3 Å². The van der Waals surface area contributed by atoms with Gasteiger partial charge in [0.15, 0.2) is 0 Å². The fourth-order valence-electron chi connectivity index (χ4n) is 3.99. The zero-order valence-electron chi connectivity index (χ0n) is 13.3. The molecular weight excluding hydrogens is 304 g/mol. The molecule has 1 saturated heterocycles. The summed E-state index contributed by atoms with van der Waals surface area (Å²) in [6.45, 7) is 2.64. The minimum atomic E-state index is -2.87. The van der Waals surface area contributed by atoms with Gasteiger partial charge in [0.2, 0.25) is 0 Å². The first-order valence-electron chi connectivity index (χ1n) is 7.97. The third kappa shape index (κ3) is 3.20. The molecule has 1 aromatic rings. The maximum Gasteiger partial charge on any atom is 0.387 e. The van der Waals surface area contributed by atoms with E-state index in [0.717, 1.165) is 13.0 Å². The Kier molecular flexibility index (Phi) is 4.58. The van der Waals surface area contributed by atoms with Gasteiger partial charge in [0, 0.05) is 30.5 Å². The van der Waals surface area contributed by atoms with Crippen LogP contribution in [-0.4, -0.2) is 37.0 Å². The Morgan fingerprint density at radius 1 is 1.43 bits per heavy atom. The molecule has 1 heterocycles. The lowest BCUT2D eigenvalue weighted by Gasteiger charge is -2.55. The van der Waals surface area contributed by atoms with Crippen molar-refractivity contribution in [2.45, 2.75) is 45.1 Å². The summed E-state index contributed by atoms with van der Waals surface area (Å²) >= 11 is 0. The summed E-state index contributed by atoms with van der Waals surface area (Å²) in [6.07, 6.45) is 0.563. The van der Waals surface area contributed by atoms with Crippen LogP contribution in [0.2, 0.25) is 0 Å². The number of nitrogens with one attached hydrogen (secondary N) is 1. The Balaban J connectivity index is 1.58. The molecule has 23 heavy (non-hydrogen) atoms. The molecule has 0 bridgehead atoms. The van der Waals surface area contributed by atoms with E-state index in [9.17, 15) is 13.9 Å². The summed E-state index contributed by atoms with van der Waals surface area (Å²) in [5.74, 6) is 0.551. The number of benzene rings is 1. The number of aliphatic hydroxyl groups is 1. The predicted molar refractivity (Wildman–Crippen MR) is 81.5 cm³/mol. The molecule has 4 atom stereocenters. The van der Waals surface area contributed by atoms with Crippen molar-refractivity contribution in [3.63, 3.8) is 0 Å². The number of aliphatic hydroxyl groups excluding tert-OH is 1. The quantitative estimate of drug-likeness (QED) is 0.843. The van der Waals surface area contributed by atoms with Gasteiger partial charge in [-0.3, -0.25) is 0 Å². The van der Waals surface area contributed by atoms with Gasteiger partial charge in [0.1, 0.15) is 5.75 Å². The van der Waals surface area contributed by atoms with Crippen LogP contribution in [0.1, 0.15) is 31.9 Å². The number of hydrogen-bond acceptors (Lipinski definition) is 4. The number of rotatable bonds is 6. The molecule has 1 saturated carbocycles. The summed E-state index contributed by atoms with van der Waals surface area (Å²) in [6, 6.07) is 6.50. The summed E-state index contributed by atoms with van der Waals surface area (Å²) in [5, 5.41) is 13.7. The lowest BCUT2D eigenvalue weighted by Crippen LogP contribution is -2.66. The summed E-state index contributed by atoms with van der Waals surface area (Å²) < 4.78 is 34.6. The van der Waals surface area contributed by atoms with E-state index in [-0.39, 0.29) is 11.2 Å². The topological polar surface area (TPSA) is 50.7 Å². The SMILES string of the molecule is CC1(C)[C@H](NC[C@H](O)c2cccc(OC(F)F)c2)[C@H]2CCO[C@@H]21. The van der Waals surface area contributed by atoms with Crippen LogP contribution in [0.5, 0.6) is 5.75 Å². The number of hydrogen-bond donors (Lipinski definition) is 2. The Labute approximate surface area is 134 Å². The largest absolute Gasteiger partial charge is 0.435 e. The summed E-state index contributed by atoms with van der Waals surface area (Å²) in [7, 11) is 0. The Morgan fingerprint density at radius 2 is 2.22 bits per heavy atom. The lowest BCUT2D eigenvalue weighted by atomic mass is 9.57. The van der Waals surface area contributed by atoms with E-state index in [1.54, 1.807) is 12.1 Å². The van der Waals surface area contributed by atoms with Crippen LogP contribution in [0, 0.1) is 11.3 Å². The first kappa shape index (κ1) is 16.6. The van der Waals surface area contributed by atoms with E-state index < -0.39 is 12.7 Å². The van der Waals surface area contributed by atoms with E-state index in [2.05, 4.69) is 23.9 Å². The molecule has 0 amide bonds. The first-order valence-corrected chi connectivity index (χ1v) is 7.97. The van der Waals surface area contributed by atoms with E-state index in [1.165, 1.54) is 12.1 Å². The number of fused-ring (bicyclic) bond motifs is 1. The monoisotopic (exact) mass is 327 g/mol. The second-order valence-corrected chi connectivity index (χ2v) is 6.92. The average Bonchev–Trinajstić information content (AvgIpc) is 2.93. The van der Waals surface area contributed by atoms with Gasteiger partial charge in [-0.05, 0) is 24.1 Å². The van der Waals surface area contributed by atoms with Gasteiger partial charge in [-0.1, -0.05) is 26.0 Å². The van der Waals surface area contributed by atoms with Gasteiger partial charge in [0.05, 0.1) is 12.2 Å². The summed E-state index contributed by atoms with van der Waals surface area (Å²) in [5.41, 5.74) is 0.605. The van der Waals surface area contributed by atoms with Crippen molar-refractivity contribution in [1.29, 1.82) is 0 Å². The minimum absolute atomic E-state index is 0.0432. The van der Waals surface area contributed by atoms with Gasteiger partial charge >= 0.3 is 6.61 Å². The second-order valence-electron chi connectivity index (χ2n) is 6.92. The molecule has 2 fully saturated rings. The fourth-order valence-corrected chi connectivity index (χ4v) is 3.99. The van der Waals surface area contributed by atoms with Crippen molar-refractivity contribution in [3.8, 4) is 5.75 Å². The van der Waals surface area contributed by atoms with Crippen LogP contribution in [0.15, 0.2) is 24.3 Å². The van der Waals surface area contributed by atoms with Crippen LogP contribution in [-0.2, 0) is 4.74 Å². The second kappa shape index (κ2) is 6.34. The van der Waals surface area contributed by atoms with Crippen molar-refractivity contribution >= 4 is 0 Å². The van der Waals surface area contributed by atoms with Crippen LogP contribution in [0.25, 0.3) is 0 Å². The summed E-state index contributed by atoms with van der Waals surface area (Å²) in [4.78, 5) is 0. The highest BCUT2D eigenvalue weighted by molar-refractivity contribution is 5.30. The molecule has 4 nitrogen and oxygen atoms in total. The van der Waals surface area contributed by atoms with Gasteiger partial charge < -0.3 is 19.9 Å². The van der Waals surface area contributed by atoms with E-state index >= 15 is 0 Å². The normalized spacial score (nSPS) is 29.9. The average molecular weight is 327 g/mol. The van der Waals surface area contributed by atoms with Gasteiger partial charge in [-0.25, -0.2) is 0 Å². The molecule has 6 heteroatoms. The fraction of sp³-hybridized carbons (Fsp3) is 0.647. The lowest BCUT2D eigenvalue weighted by molar-refractivity contribution is -0.114. The molecule has 1 aromatic carbocycles. The first-order chi connectivity index (χ1) is 10.9. The van der Waals surface area contributed by atoms with Crippen molar-refractivity contribution in [2.75, 3.05) is 13.2 Å². The maximum absolute atomic E-state index is 12.3. The van der Waals surface area contributed by atoms with Gasteiger partial charge in [-0.15, -0.1) is 0 Å². The third-order valence-electron chi connectivity index (χ3n) is 5.10. The van der Waals surface area contributed by atoms with Crippen molar-refractivity contribution in [1.82, 2.24) is 5.32 Å². The highest BCUT2D eigenvalue weighted by atomic mass is 19.3. The van der Waals surface area contributed by atoms with Crippen molar-refractivity contribution < 1.29 is 23.4 Å². The Bertz CT molecular complexity index is 552. The molecular formula is C17H23F2NO3. The van der Waals surface area contributed by atoms with Crippen LogP contribution >= 0.6 is 0 Å². The van der Waals surface area contributed by atoms with Gasteiger partial charge in [-0.2, -0.15) is 8.78 Å². The highest BCUT2D eigenvalue weighted by Gasteiger charge is 2.58. The van der Waals surface area contributed by atoms with Crippen LogP contribution in [0.4, 0.5) is 8.78 Å². The molecule has 128 valence electrons. The predicted octanol–water partition coefficient (Wildman–Crippen LogP) is 2.72. The molecule has 0 radical (unpaired) electrons. The van der Waals surface area contributed by atoms with Crippen LogP contribution < -0.4 is 10.1 Å². The molecule has 1 aliphatic carbocycles. The highest BCUT2D eigenvalue weighted by Crippen LogP contribution is 2.52. The molecule has 0 spiro atoms. The smallest absolute Gasteiger partial charge is 0.387 e. The Hall–Kier alpha value is -1.24. The zero-order chi connectivity index (χ0) is 16.6. The Morgan fingerprint density at radius 3 is 2.96 bits per heavy atom. The minimum Gasteiger partial charge on any atom is -0.435 e. The number of halogens is 2. The third-order valence-corrected chi connectivity index (χ3v) is 5.10. The molecule has 1 aliphatic heterocycles. The molecule has 2 N–H and O–H groups in total. The van der Waals surface area contributed by atoms with Crippen molar-refractivity contribution in [3.05, 3.63) is 29.8 Å². The number of ether oxygens (including phenoxy) is 2. The standard InChI is InChI=1S/C17H23F2NO3/c1-17(2)14(12-6-7-22-15(12)17)20-9-13(21)10-4-3-5-11(8-10)23-16(18)19/h3-5,8,12-16,20-21H,6-7,9H2,1-2H3/t12-,13+,14-,15+/m1/s1. The molecule has 0 unspecified atom stereocenters.